The fraction of sp³-hybridized carbons (Fsp3) is 0.0465. The van der Waals surface area contributed by atoms with Crippen LogP contribution in [0, 0.1) is 0 Å². The second-order valence-corrected chi connectivity index (χ2v) is 12.7. The van der Waals surface area contributed by atoms with Gasteiger partial charge in [0.15, 0.2) is 18.9 Å². The average molecular weight is 692 g/mol. The van der Waals surface area contributed by atoms with Crippen LogP contribution in [0.2, 0.25) is 0 Å². The molecule has 53 heavy (non-hydrogen) atoms. The molecule has 2 aliphatic heterocycles. The van der Waals surface area contributed by atoms with Crippen molar-refractivity contribution in [1.82, 2.24) is 34.9 Å². The first-order valence-corrected chi connectivity index (χ1v) is 17.2. The lowest BCUT2D eigenvalue weighted by molar-refractivity contribution is -0.695. The maximum Gasteiger partial charge on any atom is 0.309 e. The van der Waals surface area contributed by atoms with Gasteiger partial charge in [0, 0.05) is 93.6 Å². The number of carboxylic acid groups (broad SMARTS) is 1. The van der Waals surface area contributed by atoms with Crippen LogP contribution in [0.15, 0.2) is 122 Å². The maximum atomic E-state index is 11.3. The second-order valence-electron chi connectivity index (χ2n) is 12.7. The van der Waals surface area contributed by atoms with E-state index in [9.17, 15) is 9.90 Å². The van der Waals surface area contributed by atoms with E-state index in [1.165, 1.54) is 0 Å². The molecule has 2 aliphatic rings. The van der Waals surface area contributed by atoms with Gasteiger partial charge in [0.2, 0.25) is 0 Å². The van der Waals surface area contributed by atoms with Crippen LogP contribution in [0.5, 0.6) is 0 Å². The van der Waals surface area contributed by atoms with E-state index in [-0.39, 0.29) is 6.42 Å². The molecule has 0 saturated carbocycles. The number of carbonyl (C=O) groups is 1. The molecule has 0 amide bonds. The van der Waals surface area contributed by atoms with Gasteiger partial charge in [-0.3, -0.25) is 19.7 Å². The van der Waals surface area contributed by atoms with Crippen LogP contribution in [-0.2, 0) is 11.3 Å². The summed E-state index contributed by atoms with van der Waals surface area (Å²) in [6, 6.07) is 24.3. The highest BCUT2D eigenvalue weighted by atomic mass is 16.4. The third kappa shape index (κ3) is 6.08. The van der Waals surface area contributed by atoms with E-state index >= 15 is 0 Å². The summed E-state index contributed by atoms with van der Waals surface area (Å²) in [5.74, 6) is -0.837. The molecule has 10 nitrogen and oxygen atoms in total. The quantitative estimate of drug-likeness (QED) is 0.143. The standard InChI is InChI=1S/C43H30N8O2/c52-39(53)17-26-51-24-15-30(16-25-51)43-37-7-5-35(49-37)41(28-11-20-45-21-12-28)33-3-1-31(47-33)40(27-9-18-44-19-10-27)32-2-4-34(48-32)42(29-13-22-46-23-14-29)36-6-8-38(43)50-36/h1-16,18-25H,17,26H2,(H2,47,48,49,50,52,53)/p+1. The third-order valence-electron chi connectivity index (χ3n) is 9.42. The fourth-order valence-corrected chi connectivity index (χ4v) is 6.97. The van der Waals surface area contributed by atoms with Gasteiger partial charge in [-0.15, -0.1) is 0 Å². The van der Waals surface area contributed by atoms with Crippen molar-refractivity contribution in [2.75, 3.05) is 0 Å². The molecule has 0 unspecified atom stereocenters. The molecule has 0 saturated heterocycles. The van der Waals surface area contributed by atoms with Crippen LogP contribution in [0.25, 0.3) is 90.9 Å². The van der Waals surface area contributed by atoms with Crippen molar-refractivity contribution < 1.29 is 14.5 Å². The van der Waals surface area contributed by atoms with Crippen LogP contribution in [0.1, 0.15) is 29.2 Å². The number of hydrogen-bond acceptors (Lipinski definition) is 6. The molecule has 8 bridgehead atoms. The molecule has 9 heterocycles. The number of pyridine rings is 4. The normalized spacial score (nSPS) is 11.9. The van der Waals surface area contributed by atoms with Gasteiger partial charge < -0.3 is 15.1 Å². The summed E-state index contributed by atoms with van der Waals surface area (Å²) in [6.45, 7) is 0.373. The Morgan fingerprint density at radius 3 is 1.13 bits per heavy atom. The Bertz CT molecular complexity index is 2700. The Morgan fingerprint density at radius 2 is 0.811 bits per heavy atom. The average Bonchev–Trinajstić information content (AvgIpc) is 4.04. The largest absolute Gasteiger partial charge is 0.481 e. The number of aromatic amines is 2. The van der Waals surface area contributed by atoms with E-state index < -0.39 is 5.97 Å². The van der Waals surface area contributed by atoms with E-state index in [1.54, 1.807) is 37.2 Å². The SMILES string of the molecule is O=C(O)CC[n+]1ccc(-c2c3nc(c(-c4ccncc4)c4ccc([nH]4)c(-c4ccncc4)c4nc(c(-c5ccncc5)c5ccc2[nH]5)C=C4)C=C3)cc1. The Kier molecular flexibility index (Phi) is 8.01. The second kappa shape index (κ2) is 13.4. The van der Waals surface area contributed by atoms with Crippen LogP contribution < -0.4 is 4.57 Å². The van der Waals surface area contributed by atoms with Crippen LogP contribution >= 0.6 is 0 Å². The zero-order valence-electron chi connectivity index (χ0n) is 28.3. The predicted molar refractivity (Wildman–Crippen MR) is 206 cm³/mol. The van der Waals surface area contributed by atoms with Gasteiger partial charge in [0.05, 0.1) is 22.8 Å². The first-order chi connectivity index (χ1) is 26.1. The number of nitrogens with zero attached hydrogens (tertiary/aromatic N) is 6. The molecule has 3 N–H and O–H groups in total. The van der Waals surface area contributed by atoms with E-state index in [4.69, 9.17) is 9.97 Å². The monoisotopic (exact) mass is 691 g/mol. The Labute approximate surface area is 303 Å². The molecule has 7 aromatic heterocycles. The van der Waals surface area contributed by atoms with Gasteiger partial charge in [-0.2, -0.15) is 0 Å². The molecule has 0 atom stereocenters. The molecule has 9 rings (SSSR count). The lowest BCUT2D eigenvalue weighted by atomic mass is 10.0. The summed E-state index contributed by atoms with van der Waals surface area (Å²) in [4.78, 5) is 42.2. The van der Waals surface area contributed by atoms with Crippen LogP contribution in [-0.4, -0.2) is 46.0 Å². The smallest absolute Gasteiger partial charge is 0.309 e. The number of fused-ring (bicyclic) bond motifs is 8. The van der Waals surface area contributed by atoms with Gasteiger partial charge in [0.1, 0.15) is 6.42 Å². The summed E-state index contributed by atoms with van der Waals surface area (Å²) in [5.41, 5.74) is 14.3. The van der Waals surface area contributed by atoms with Crippen molar-refractivity contribution in [3.05, 3.63) is 145 Å². The van der Waals surface area contributed by atoms with Gasteiger partial charge >= 0.3 is 5.97 Å². The van der Waals surface area contributed by atoms with Crippen molar-refractivity contribution in [3.63, 3.8) is 0 Å². The zero-order valence-corrected chi connectivity index (χ0v) is 28.3. The molecule has 0 aliphatic carbocycles. The first-order valence-electron chi connectivity index (χ1n) is 17.2. The molecular formula is C43H31N8O2+. The molecule has 10 heteroatoms. The number of H-pyrrole nitrogens is 2. The number of nitrogens with one attached hydrogen (secondary N) is 2. The summed E-state index contributed by atoms with van der Waals surface area (Å²) in [7, 11) is 0. The van der Waals surface area contributed by atoms with Crippen molar-refractivity contribution in [3.8, 4) is 44.5 Å². The Hall–Kier alpha value is -7.33. The van der Waals surface area contributed by atoms with Crippen molar-refractivity contribution in [2.45, 2.75) is 13.0 Å². The molecule has 0 radical (unpaired) electrons. The number of rotatable bonds is 7. The minimum Gasteiger partial charge on any atom is -0.481 e. The highest BCUT2D eigenvalue weighted by Crippen LogP contribution is 2.38. The van der Waals surface area contributed by atoms with E-state index in [0.717, 1.165) is 89.4 Å². The molecule has 0 spiro atoms. The van der Waals surface area contributed by atoms with Gasteiger partial charge in [-0.05, 0) is 107 Å². The van der Waals surface area contributed by atoms with Crippen molar-refractivity contribution >= 4 is 52.3 Å². The Balaban J connectivity index is 1.41. The zero-order chi connectivity index (χ0) is 35.7. The van der Waals surface area contributed by atoms with Gasteiger partial charge in [0.25, 0.3) is 0 Å². The van der Waals surface area contributed by atoms with E-state index in [0.29, 0.717) is 6.54 Å². The number of aliphatic carboxylic acids is 1. The van der Waals surface area contributed by atoms with Crippen molar-refractivity contribution in [1.29, 1.82) is 0 Å². The highest BCUT2D eigenvalue weighted by Gasteiger charge is 2.19. The predicted octanol–water partition coefficient (Wildman–Crippen LogP) is 8.27. The summed E-state index contributed by atoms with van der Waals surface area (Å²) < 4.78 is 1.88. The van der Waals surface area contributed by atoms with Gasteiger partial charge in [-0.25, -0.2) is 14.5 Å². The van der Waals surface area contributed by atoms with Crippen LogP contribution in [0.4, 0.5) is 0 Å². The highest BCUT2D eigenvalue weighted by molar-refractivity contribution is 5.99. The Morgan fingerprint density at radius 1 is 0.491 bits per heavy atom. The topological polar surface area (TPSA) is 137 Å². The first kappa shape index (κ1) is 31.6. The molecule has 7 aromatic rings. The number of hydrogen-bond donors (Lipinski definition) is 3. The summed E-state index contributed by atoms with van der Waals surface area (Å²) >= 11 is 0. The molecule has 0 fully saturated rings. The third-order valence-corrected chi connectivity index (χ3v) is 9.42. The molecule has 0 aromatic carbocycles. The van der Waals surface area contributed by atoms with Gasteiger partial charge in [-0.1, -0.05) is 0 Å². The summed E-state index contributed by atoms with van der Waals surface area (Å²) in [5, 5.41) is 9.24. The van der Waals surface area contributed by atoms with Crippen molar-refractivity contribution in [2.24, 2.45) is 0 Å². The number of aryl methyl sites for hydroxylation is 1. The fourth-order valence-electron chi connectivity index (χ4n) is 6.97. The van der Waals surface area contributed by atoms with E-state index in [1.807, 2.05) is 71.6 Å². The minimum absolute atomic E-state index is 0.0370. The lowest BCUT2D eigenvalue weighted by Gasteiger charge is -2.06. The van der Waals surface area contributed by atoms with Crippen LogP contribution in [0.3, 0.4) is 0 Å². The maximum absolute atomic E-state index is 11.3. The number of aromatic nitrogens is 8. The van der Waals surface area contributed by atoms with E-state index in [2.05, 4.69) is 67.4 Å². The lowest BCUT2D eigenvalue weighted by Crippen LogP contribution is -2.33. The minimum atomic E-state index is -0.837. The molecule has 254 valence electrons. The molecular weight excluding hydrogens is 661 g/mol. The summed E-state index contributed by atoms with van der Waals surface area (Å²) in [6.07, 6.45) is 22.8. The number of carboxylic acids is 1.